The van der Waals surface area contributed by atoms with Gasteiger partial charge in [-0.15, -0.1) is 5.10 Å². The van der Waals surface area contributed by atoms with E-state index in [2.05, 4.69) is 15.3 Å². The van der Waals surface area contributed by atoms with E-state index in [1.165, 1.54) is 6.20 Å². The van der Waals surface area contributed by atoms with E-state index in [0.717, 1.165) is 11.3 Å². The van der Waals surface area contributed by atoms with Gasteiger partial charge in [-0.1, -0.05) is 11.3 Å². The van der Waals surface area contributed by atoms with Crippen LogP contribution in [0.4, 0.5) is 0 Å². The molecule has 1 amide bonds. The number of rotatable bonds is 3. The van der Waals surface area contributed by atoms with Crippen LogP contribution in [0, 0.1) is 6.92 Å². The monoisotopic (exact) mass is 217 g/mol. The number of aryl methyl sites for hydroxylation is 1. The highest BCUT2D eigenvalue weighted by atomic mass is 16.1. The largest absolute Gasteiger partial charge is 0.364 e. The third kappa shape index (κ3) is 2.22. The van der Waals surface area contributed by atoms with Crippen molar-refractivity contribution < 1.29 is 4.79 Å². The predicted molar refractivity (Wildman–Crippen MR) is 56.6 cm³/mol. The van der Waals surface area contributed by atoms with Crippen molar-refractivity contribution in [2.45, 2.75) is 13.5 Å². The summed E-state index contributed by atoms with van der Waals surface area (Å²) in [5.41, 5.74) is 7.19. The maximum Gasteiger partial charge on any atom is 0.270 e. The van der Waals surface area contributed by atoms with Crippen LogP contribution in [0.3, 0.4) is 0 Å². The van der Waals surface area contributed by atoms with Gasteiger partial charge in [-0.2, -0.15) is 0 Å². The lowest BCUT2D eigenvalue weighted by molar-refractivity contribution is 0.0995. The van der Waals surface area contributed by atoms with Gasteiger partial charge in [0, 0.05) is 11.9 Å². The Morgan fingerprint density at radius 3 is 2.88 bits per heavy atom. The van der Waals surface area contributed by atoms with Crippen LogP contribution in [-0.4, -0.2) is 25.9 Å². The molecule has 0 bridgehead atoms. The number of carbonyl (C=O) groups is 1. The number of nitrogens with two attached hydrogens (primary N) is 1. The van der Waals surface area contributed by atoms with Gasteiger partial charge in [-0.3, -0.25) is 9.78 Å². The number of hydrogen-bond acceptors (Lipinski definition) is 4. The van der Waals surface area contributed by atoms with Crippen LogP contribution >= 0.6 is 0 Å². The van der Waals surface area contributed by atoms with E-state index in [-0.39, 0.29) is 5.69 Å². The summed E-state index contributed by atoms with van der Waals surface area (Å²) < 4.78 is 1.55. The number of primary amides is 1. The van der Waals surface area contributed by atoms with Gasteiger partial charge in [0.25, 0.3) is 5.91 Å². The summed E-state index contributed by atoms with van der Waals surface area (Å²) in [5.74, 6) is -0.576. The van der Waals surface area contributed by atoms with Gasteiger partial charge in [0.05, 0.1) is 12.7 Å². The number of amides is 1. The summed E-state index contributed by atoms with van der Waals surface area (Å²) >= 11 is 0. The summed E-state index contributed by atoms with van der Waals surface area (Å²) in [6.45, 7) is 2.44. The zero-order chi connectivity index (χ0) is 11.5. The molecular weight excluding hydrogens is 206 g/mol. The fourth-order valence-corrected chi connectivity index (χ4v) is 1.27. The first-order valence-electron chi connectivity index (χ1n) is 4.76. The highest BCUT2D eigenvalue weighted by molar-refractivity contribution is 5.90. The van der Waals surface area contributed by atoms with Gasteiger partial charge in [0.2, 0.25) is 0 Å². The van der Waals surface area contributed by atoms with Crippen molar-refractivity contribution in [1.29, 1.82) is 0 Å². The zero-order valence-electron chi connectivity index (χ0n) is 8.79. The molecule has 0 aliphatic rings. The van der Waals surface area contributed by atoms with Crippen molar-refractivity contribution in [1.82, 2.24) is 20.0 Å². The molecular formula is C10H11N5O. The standard InChI is InChI=1S/C10H11N5O/c1-7-2-3-8(4-12-7)5-15-6-9(10(11)16)13-14-15/h2-4,6H,5H2,1H3,(H2,11,16). The molecule has 0 fully saturated rings. The molecule has 82 valence electrons. The third-order valence-corrected chi connectivity index (χ3v) is 2.11. The van der Waals surface area contributed by atoms with E-state index in [1.807, 2.05) is 19.1 Å². The van der Waals surface area contributed by atoms with Crippen LogP contribution < -0.4 is 5.73 Å². The first-order chi connectivity index (χ1) is 7.65. The number of pyridine rings is 1. The van der Waals surface area contributed by atoms with E-state index in [1.54, 1.807) is 10.9 Å². The zero-order valence-corrected chi connectivity index (χ0v) is 8.79. The molecule has 0 unspecified atom stereocenters. The Morgan fingerprint density at radius 2 is 2.31 bits per heavy atom. The number of hydrogen-bond donors (Lipinski definition) is 1. The lowest BCUT2D eigenvalue weighted by atomic mass is 10.2. The second kappa shape index (κ2) is 4.09. The van der Waals surface area contributed by atoms with Crippen molar-refractivity contribution in [3.63, 3.8) is 0 Å². The Labute approximate surface area is 92.1 Å². The summed E-state index contributed by atoms with van der Waals surface area (Å²) in [6, 6.07) is 3.87. The maximum atomic E-state index is 10.8. The molecule has 16 heavy (non-hydrogen) atoms. The third-order valence-electron chi connectivity index (χ3n) is 2.11. The van der Waals surface area contributed by atoms with Gasteiger partial charge in [-0.05, 0) is 18.6 Å². The van der Waals surface area contributed by atoms with Gasteiger partial charge >= 0.3 is 0 Å². The molecule has 0 spiro atoms. The minimum absolute atomic E-state index is 0.167. The predicted octanol–water partition coefficient (Wildman–Crippen LogP) is 0.129. The Hall–Kier alpha value is -2.24. The molecule has 0 saturated heterocycles. The molecule has 6 nitrogen and oxygen atoms in total. The van der Waals surface area contributed by atoms with E-state index < -0.39 is 5.91 Å². The van der Waals surface area contributed by atoms with Crippen LogP contribution in [0.25, 0.3) is 0 Å². The average Bonchev–Trinajstić information content (AvgIpc) is 2.70. The second-order valence-corrected chi connectivity index (χ2v) is 3.47. The summed E-state index contributed by atoms with van der Waals surface area (Å²) in [7, 11) is 0. The molecule has 2 aromatic rings. The number of aromatic nitrogens is 4. The normalized spacial score (nSPS) is 10.3. The van der Waals surface area contributed by atoms with Crippen LogP contribution in [0.5, 0.6) is 0 Å². The van der Waals surface area contributed by atoms with E-state index >= 15 is 0 Å². The van der Waals surface area contributed by atoms with Crippen LogP contribution in [-0.2, 0) is 6.54 Å². The molecule has 2 heterocycles. The molecule has 0 aromatic carbocycles. The van der Waals surface area contributed by atoms with Crippen molar-refractivity contribution in [3.8, 4) is 0 Å². The number of carbonyl (C=O) groups excluding carboxylic acids is 1. The first-order valence-corrected chi connectivity index (χ1v) is 4.76. The smallest absolute Gasteiger partial charge is 0.270 e. The van der Waals surface area contributed by atoms with E-state index in [9.17, 15) is 4.79 Å². The first kappa shape index (κ1) is 10.3. The number of nitrogens with zero attached hydrogens (tertiary/aromatic N) is 4. The summed E-state index contributed by atoms with van der Waals surface area (Å²) in [4.78, 5) is 15.0. The van der Waals surface area contributed by atoms with Crippen molar-refractivity contribution in [2.75, 3.05) is 0 Å². The van der Waals surface area contributed by atoms with Gasteiger partial charge < -0.3 is 5.73 Å². The van der Waals surface area contributed by atoms with Crippen LogP contribution in [0.2, 0.25) is 0 Å². The van der Waals surface area contributed by atoms with Crippen molar-refractivity contribution in [3.05, 3.63) is 41.5 Å². The molecule has 2 rings (SSSR count). The molecule has 0 atom stereocenters. The van der Waals surface area contributed by atoms with Gasteiger partial charge in [0.15, 0.2) is 5.69 Å². The summed E-state index contributed by atoms with van der Waals surface area (Å²) in [6.07, 6.45) is 3.28. The lowest BCUT2D eigenvalue weighted by Crippen LogP contribution is -2.11. The fourth-order valence-electron chi connectivity index (χ4n) is 1.27. The molecule has 0 aliphatic carbocycles. The molecule has 0 aliphatic heterocycles. The fraction of sp³-hybridized carbons (Fsp3) is 0.200. The van der Waals surface area contributed by atoms with Gasteiger partial charge in [-0.25, -0.2) is 4.68 Å². The minimum atomic E-state index is -0.576. The Morgan fingerprint density at radius 1 is 1.50 bits per heavy atom. The summed E-state index contributed by atoms with van der Waals surface area (Å²) in [5, 5.41) is 7.44. The van der Waals surface area contributed by atoms with Gasteiger partial charge in [0.1, 0.15) is 0 Å². The molecule has 2 aromatic heterocycles. The highest BCUT2D eigenvalue weighted by Crippen LogP contribution is 2.02. The molecule has 0 radical (unpaired) electrons. The maximum absolute atomic E-state index is 10.8. The van der Waals surface area contributed by atoms with Crippen molar-refractivity contribution in [2.24, 2.45) is 5.73 Å². The average molecular weight is 217 g/mol. The molecule has 2 N–H and O–H groups in total. The van der Waals surface area contributed by atoms with E-state index in [4.69, 9.17) is 5.73 Å². The van der Waals surface area contributed by atoms with E-state index in [0.29, 0.717) is 6.54 Å². The SMILES string of the molecule is Cc1ccc(Cn2cc(C(N)=O)nn2)cn1. The quantitative estimate of drug-likeness (QED) is 0.791. The molecule has 0 saturated carbocycles. The van der Waals surface area contributed by atoms with Crippen LogP contribution in [0.15, 0.2) is 24.5 Å². The van der Waals surface area contributed by atoms with Crippen molar-refractivity contribution >= 4 is 5.91 Å². The topological polar surface area (TPSA) is 86.7 Å². The Kier molecular flexibility index (Phi) is 2.63. The second-order valence-electron chi connectivity index (χ2n) is 3.47. The Balaban J connectivity index is 2.14. The minimum Gasteiger partial charge on any atom is -0.364 e. The Bertz CT molecular complexity index is 502. The lowest BCUT2D eigenvalue weighted by Gasteiger charge is -2.00. The highest BCUT2D eigenvalue weighted by Gasteiger charge is 2.06. The molecule has 6 heteroatoms. The van der Waals surface area contributed by atoms with Crippen LogP contribution in [0.1, 0.15) is 21.7 Å².